The lowest BCUT2D eigenvalue weighted by molar-refractivity contribution is -0.142. The molecule has 1 atom stereocenters. The van der Waals surface area contributed by atoms with Crippen LogP contribution in [0.4, 0.5) is 10.5 Å². The number of amides is 2. The molecule has 0 saturated heterocycles. The lowest BCUT2D eigenvalue weighted by atomic mass is 10.2. The van der Waals surface area contributed by atoms with Crippen LogP contribution in [0.5, 0.6) is 5.75 Å². The topological polar surface area (TPSA) is 131 Å². The first-order valence-corrected chi connectivity index (χ1v) is 9.21. The number of esters is 1. The summed E-state index contributed by atoms with van der Waals surface area (Å²) in [6.45, 7) is 3.65. The number of fused-ring (bicyclic) bond motifs is 1. The fourth-order valence-corrected chi connectivity index (χ4v) is 3.38. The highest BCUT2D eigenvalue weighted by atomic mass is 32.1. The molecule has 0 radical (unpaired) electrons. The maximum atomic E-state index is 12.4. The molecular formula is C17H22N2O8S. The molecular weight excluding hydrogens is 392 g/mol. The molecule has 0 saturated carbocycles. The molecule has 2 amide bonds. The monoisotopic (exact) mass is 414 g/mol. The van der Waals surface area contributed by atoms with E-state index in [4.69, 9.17) is 19.3 Å². The molecule has 11 heteroatoms. The van der Waals surface area contributed by atoms with E-state index < -0.39 is 42.0 Å². The maximum Gasteiger partial charge on any atom is 0.408 e. The van der Waals surface area contributed by atoms with Gasteiger partial charge in [0.1, 0.15) is 28.8 Å². The standard InChI is InChI=1S/C17H22N2O8S/c1-17(2,3)27-16(24)18-9(15(23)25-4)5-19-12(22)7-26-11-8-28-14(13(11)19)10(21)6-20/h8-9,20H,5-7H2,1-4H3,(H,18,24). The average molecular weight is 414 g/mol. The van der Waals surface area contributed by atoms with E-state index in [9.17, 15) is 19.2 Å². The number of ether oxygens (including phenoxy) is 3. The van der Waals surface area contributed by atoms with Crippen LogP contribution < -0.4 is 15.0 Å². The van der Waals surface area contributed by atoms with Gasteiger partial charge < -0.3 is 29.5 Å². The summed E-state index contributed by atoms with van der Waals surface area (Å²) in [5, 5.41) is 13.1. The van der Waals surface area contributed by atoms with Crippen LogP contribution in [0.2, 0.25) is 0 Å². The van der Waals surface area contributed by atoms with Gasteiger partial charge >= 0.3 is 12.1 Å². The summed E-state index contributed by atoms with van der Waals surface area (Å²) in [4.78, 5) is 49.9. The Morgan fingerprint density at radius 1 is 1.39 bits per heavy atom. The Morgan fingerprint density at radius 3 is 2.64 bits per heavy atom. The normalized spacial score (nSPS) is 14.6. The number of hydrogen-bond donors (Lipinski definition) is 2. The number of rotatable bonds is 6. The molecule has 1 aliphatic heterocycles. The molecule has 1 aromatic rings. The maximum absolute atomic E-state index is 12.4. The highest BCUT2D eigenvalue weighted by Gasteiger charge is 2.36. The molecule has 0 aliphatic carbocycles. The number of anilines is 1. The third-order valence-corrected chi connectivity index (χ3v) is 4.58. The second-order valence-electron chi connectivity index (χ2n) is 6.87. The molecule has 1 aliphatic rings. The highest BCUT2D eigenvalue weighted by molar-refractivity contribution is 7.13. The number of Topliss-reactive ketones (excluding diaryl/α,β-unsaturated/α-hetero) is 1. The molecule has 1 aromatic heterocycles. The van der Waals surface area contributed by atoms with Gasteiger partial charge in [0.15, 0.2) is 18.1 Å². The smallest absolute Gasteiger partial charge is 0.408 e. The van der Waals surface area contributed by atoms with Crippen LogP contribution in [0.3, 0.4) is 0 Å². The number of ketones is 1. The Labute approximate surface area is 165 Å². The molecule has 2 N–H and O–H groups in total. The van der Waals surface area contributed by atoms with E-state index >= 15 is 0 Å². The zero-order chi connectivity index (χ0) is 21.1. The Morgan fingerprint density at radius 2 is 2.07 bits per heavy atom. The number of methoxy groups -OCH3 is 1. The number of nitrogens with zero attached hydrogens (tertiary/aromatic N) is 1. The van der Waals surface area contributed by atoms with E-state index in [1.807, 2.05) is 0 Å². The Hall–Kier alpha value is -2.66. The van der Waals surface area contributed by atoms with Crippen molar-refractivity contribution >= 4 is 40.8 Å². The minimum Gasteiger partial charge on any atom is -0.481 e. The number of carbonyl (C=O) groups is 4. The average Bonchev–Trinajstić information content (AvgIpc) is 3.04. The van der Waals surface area contributed by atoms with Gasteiger partial charge in [-0.2, -0.15) is 0 Å². The zero-order valence-corrected chi connectivity index (χ0v) is 16.8. The first kappa shape index (κ1) is 21.6. The van der Waals surface area contributed by atoms with Gasteiger partial charge in [0, 0.05) is 5.38 Å². The Kier molecular flexibility index (Phi) is 6.62. The first-order chi connectivity index (χ1) is 13.1. The first-order valence-electron chi connectivity index (χ1n) is 8.33. The van der Waals surface area contributed by atoms with Gasteiger partial charge in [0.05, 0.1) is 13.7 Å². The number of thiophene rings is 1. The summed E-state index contributed by atoms with van der Waals surface area (Å²) in [6.07, 6.45) is -0.860. The van der Waals surface area contributed by atoms with Gasteiger partial charge in [-0.1, -0.05) is 0 Å². The summed E-state index contributed by atoms with van der Waals surface area (Å²) in [5.74, 6) is -1.62. The predicted octanol–water partition coefficient (Wildman–Crippen LogP) is 0.715. The van der Waals surface area contributed by atoms with Crippen molar-refractivity contribution in [2.45, 2.75) is 32.4 Å². The molecule has 10 nitrogen and oxygen atoms in total. The number of aliphatic hydroxyl groups is 1. The van der Waals surface area contributed by atoms with Crippen molar-refractivity contribution in [2.24, 2.45) is 0 Å². The van der Waals surface area contributed by atoms with Gasteiger partial charge in [-0.25, -0.2) is 9.59 Å². The molecule has 28 heavy (non-hydrogen) atoms. The molecule has 2 heterocycles. The minimum absolute atomic E-state index is 0.117. The fraction of sp³-hybridized carbons (Fsp3) is 0.529. The summed E-state index contributed by atoms with van der Waals surface area (Å²) >= 11 is 1.01. The van der Waals surface area contributed by atoms with E-state index in [0.717, 1.165) is 23.3 Å². The number of nitrogens with one attached hydrogen (secondary N) is 1. The van der Waals surface area contributed by atoms with Crippen LogP contribution in [0.1, 0.15) is 30.4 Å². The molecule has 0 bridgehead atoms. The van der Waals surface area contributed by atoms with E-state index in [0.29, 0.717) is 0 Å². The van der Waals surface area contributed by atoms with Crippen LogP contribution >= 0.6 is 11.3 Å². The van der Waals surface area contributed by atoms with Gasteiger partial charge in [-0.05, 0) is 20.8 Å². The second kappa shape index (κ2) is 8.57. The van der Waals surface area contributed by atoms with Crippen LogP contribution in [0, 0.1) is 0 Å². The van der Waals surface area contributed by atoms with Gasteiger partial charge in [0.2, 0.25) is 0 Å². The second-order valence-corrected chi connectivity index (χ2v) is 7.75. The van der Waals surface area contributed by atoms with Crippen molar-refractivity contribution in [1.82, 2.24) is 5.32 Å². The molecule has 0 fully saturated rings. The summed E-state index contributed by atoms with van der Waals surface area (Å²) in [7, 11) is 1.14. The fourth-order valence-electron chi connectivity index (χ4n) is 2.45. The Balaban J connectivity index is 2.30. The quantitative estimate of drug-likeness (QED) is 0.514. The number of carbonyl (C=O) groups excluding carboxylic acids is 4. The van der Waals surface area contributed by atoms with Crippen molar-refractivity contribution in [2.75, 3.05) is 31.8 Å². The summed E-state index contributed by atoms with van der Waals surface area (Å²) < 4.78 is 15.2. The number of alkyl carbamates (subject to hydrolysis) is 1. The minimum atomic E-state index is -1.24. The van der Waals surface area contributed by atoms with Gasteiger partial charge in [0.25, 0.3) is 5.91 Å². The molecule has 0 aromatic carbocycles. The van der Waals surface area contributed by atoms with E-state index in [2.05, 4.69) is 5.32 Å². The number of aliphatic hydroxyl groups excluding tert-OH is 1. The molecule has 2 rings (SSSR count). The lowest BCUT2D eigenvalue weighted by Crippen LogP contribution is -2.53. The van der Waals surface area contributed by atoms with E-state index in [1.54, 1.807) is 20.8 Å². The third-order valence-electron chi connectivity index (χ3n) is 3.59. The largest absolute Gasteiger partial charge is 0.481 e. The zero-order valence-electron chi connectivity index (χ0n) is 15.9. The lowest BCUT2D eigenvalue weighted by Gasteiger charge is -2.31. The molecule has 0 spiro atoms. The van der Waals surface area contributed by atoms with Gasteiger partial charge in [-0.15, -0.1) is 11.3 Å². The van der Waals surface area contributed by atoms with Crippen molar-refractivity contribution < 1.29 is 38.5 Å². The highest BCUT2D eigenvalue weighted by Crippen LogP contribution is 2.40. The Bertz CT molecular complexity index is 783. The van der Waals surface area contributed by atoms with E-state index in [1.165, 1.54) is 5.38 Å². The summed E-state index contributed by atoms with van der Waals surface area (Å²) in [6, 6.07) is -1.24. The number of hydrogen-bond acceptors (Lipinski definition) is 9. The third kappa shape index (κ3) is 4.98. The van der Waals surface area contributed by atoms with Crippen LogP contribution in [-0.2, 0) is 19.1 Å². The van der Waals surface area contributed by atoms with Crippen molar-refractivity contribution in [3.63, 3.8) is 0 Å². The van der Waals surface area contributed by atoms with Crippen molar-refractivity contribution in [3.8, 4) is 5.75 Å². The summed E-state index contributed by atoms with van der Waals surface area (Å²) in [5.41, 5.74) is -0.638. The SMILES string of the molecule is COC(=O)C(CN1C(=O)COc2csc(C(=O)CO)c21)NC(=O)OC(C)(C)C. The van der Waals surface area contributed by atoms with Crippen molar-refractivity contribution in [3.05, 3.63) is 10.3 Å². The molecule has 154 valence electrons. The van der Waals surface area contributed by atoms with Crippen LogP contribution in [0.15, 0.2) is 5.38 Å². The van der Waals surface area contributed by atoms with Crippen LogP contribution in [0.25, 0.3) is 0 Å². The molecule has 1 unspecified atom stereocenters. The predicted molar refractivity (Wildman–Crippen MR) is 98.8 cm³/mol. The van der Waals surface area contributed by atoms with Crippen LogP contribution in [-0.4, -0.2) is 67.4 Å². The van der Waals surface area contributed by atoms with Gasteiger partial charge in [-0.3, -0.25) is 9.59 Å². The van der Waals surface area contributed by atoms with E-state index in [-0.39, 0.29) is 29.5 Å². The van der Waals surface area contributed by atoms with Crippen molar-refractivity contribution in [1.29, 1.82) is 0 Å².